The molecular weight excluding hydrogens is 554 g/mol. The molecule has 0 aromatic heterocycles. The quantitative estimate of drug-likeness (QED) is 0.0871. The zero-order valence-corrected chi connectivity index (χ0v) is 22.6. The van der Waals surface area contributed by atoms with Gasteiger partial charge in [0.1, 0.15) is 54.9 Å². The second kappa shape index (κ2) is 15.8. The zero-order valence-electron chi connectivity index (χ0n) is 22.6. The van der Waals surface area contributed by atoms with Crippen molar-refractivity contribution in [3.63, 3.8) is 0 Å². The Hall–Kier alpha value is -0.720. The molecule has 1 unspecified atom stereocenters. The highest BCUT2D eigenvalue weighted by molar-refractivity contribution is 5.03. The summed E-state index contributed by atoms with van der Waals surface area (Å²) in [4.78, 5) is 0. The summed E-state index contributed by atoms with van der Waals surface area (Å²) in [7, 11) is 0. The largest absolute Gasteiger partial charge is 0.395 e. The van der Waals surface area contributed by atoms with Crippen LogP contribution in [0.1, 0.15) is 6.42 Å². The minimum absolute atomic E-state index is 0.0401. The van der Waals surface area contributed by atoms with Crippen LogP contribution in [-0.2, 0) is 18.9 Å². The maximum absolute atomic E-state index is 11.4. The van der Waals surface area contributed by atoms with Crippen LogP contribution in [0.15, 0.2) is 0 Å². The summed E-state index contributed by atoms with van der Waals surface area (Å²) >= 11 is 0. The third-order valence-electron chi connectivity index (χ3n) is 7.81. The molecule has 18 nitrogen and oxygen atoms in total. The SMILES string of the molecule is N[C@@H]1[C@@H](O)[C@@H](O[C@H]2[C@H](NC(CO)CO)C[C@H](N)C(O[C@H]3O[C@H](CNCCO)[C@@H](O)[C@H](O)[C@H]3N)[C@@H]2O)O[C@H](CO)[C@H]1O. The van der Waals surface area contributed by atoms with Gasteiger partial charge in [0.05, 0.1) is 44.6 Å². The predicted molar refractivity (Wildman–Crippen MR) is 138 cm³/mol. The van der Waals surface area contributed by atoms with E-state index in [4.69, 9.17) is 41.3 Å². The molecule has 18 heteroatoms. The summed E-state index contributed by atoms with van der Waals surface area (Å²) in [6.07, 6.45) is -14.9. The molecule has 242 valence electrons. The van der Waals surface area contributed by atoms with Gasteiger partial charge in [-0.1, -0.05) is 0 Å². The van der Waals surface area contributed by atoms with E-state index < -0.39 is 118 Å². The van der Waals surface area contributed by atoms with Gasteiger partial charge >= 0.3 is 0 Å². The number of rotatable bonds is 13. The summed E-state index contributed by atoms with van der Waals surface area (Å²) in [5, 5.41) is 96.7. The van der Waals surface area contributed by atoms with Crippen LogP contribution in [0.25, 0.3) is 0 Å². The Kier molecular flexibility index (Phi) is 13.4. The van der Waals surface area contributed by atoms with Gasteiger partial charge in [0.15, 0.2) is 12.6 Å². The summed E-state index contributed by atoms with van der Waals surface area (Å²) < 4.78 is 23.2. The molecule has 15 atom stereocenters. The van der Waals surface area contributed by atoms with Crippen LogP contribution in [0, 0.1) is 0 Å². The molecule has 2 heterocycles. The van der Waals surface area contributed by atoms with E-state index in [-0.39, 0.29) is 26.1 Å². The Morgan fingerprint density at radius 1 is 0.732 bits per heavy atom. The molecule has 0 aromatic carbocycles. The summed E-state index contributed by atoms with van der Waals surface area (Å²) in [5.74, 6) is 0. The highest BCUT2D eigenvalue weighted by Crippen LogP contribution is 2.32. The summed E-state index contributed by atoms with van der Waals surface area (Å²) in [6, 6.07) is -5.06. The van der Waals surface area contributed by atoms with Crippen LogP contribution >= 0.6 is 0 Å². The van der Waals surface area contributed by atoms with E-state index in [0.29, 0.717) is 0 Å². The Morgan fingerprint density at radius 2 is 1.37 bits per heavy atom. The predicted octanol–water partition coefficient (Wildman–Crippen LogP) is -8.72. The van der Waals surface area contributed by atoms with E-state index in [2.05, 4.69) is 10.6 Å². The van der Waals surface area contributed by atoms with E-state index in [1.165, 1.54) is 0 Å². The number of aliphatic hydroxyl groups is 9. The van der Waals surface area contributed by atoms with Crippen LogP contribution < -0.4 is 27.8 Å². The minimum atomic E-state index is -1.58. The molecule has 3 rings (SSSR count). The van der Waals surface area contributed by atoms with Crippen LogP contribution in [0.2, 0.25) is 0 Å². The van der Waals surface area contributed by atoms with E-state index >= 15 is 0 Å². The minimum Gasteiger partial charge on any atom is -0.395 e. The molecule has 0 radical (unpaired) electrons. The molecule has 41 heavy (non-hydrogen) atoms. The standard InChI is InChI=1S/C23H47N5O13/c24-9-3-10(28-8(5-30)6-31)21(41-23-18(36)13(25)15(33)12(7-32)39-23)19(37)20(9)40-22-14(26)17(35)16(34)11(38-22)4-27-1-2-29/h8-23,27-37H,1-7,24-26H2/t9-,10+,11+,12+,13-,14+,15+,16+,17+,18+,19-,20?,21-,22+,23+/m0/s1. The van der Waals surface area contributed by atoms with Crippen molar-refractivity contribution in [1.29, 1.82) is 0 Å². The van der Waals surface area contributed by atoms with Gasteiger partial charge in [-0.15, -0.1) is 0 Å². The van der Waals surface area contributed by atoms with Gasteiger partial charge in [0, 0.05) is 25.2 Å². The molecule has 0 aromatic rings. The molecule has 2 aliphatic heterocycles. The molecule has 1 aliphatic carbocycles. The molecule has 1 saturated carbocycles. The Labute approximate surface area is 236 Å². The smallest absolute Gasteiger partial charge is 0.186 e. The fraction of sp³-hybridized carbons (Fsp3) is 1.00. The normalized spacial score (nSPS) is 45.7. The maximum Gasteiger partial charge on any atom is 0.186 e. The maximum atomic E-state index is 11.4. The van der Waals surface area contributed by atoms with Gasteiger partial charge in [-0.05, 0) is 6.42 Å². The topological polar surface area (TPSA) is 321 Å². The molecule has 0 amide bonds. The van der Waals surface area contributed by atoms with Gasteiger partial charge in [0.2, 0.25) is 0 Å². The van der Waals surface area contributed by atoms with E-state index in [0.717, 1.165) is 0 Å². The lowest BCUT2D eigenvalue weighted by Crippen LogP contribution is -2.70. The molecule has 0 bridgehead atoms. The highest BCUT2D eigenvalue weighted by atomic mass is 16.7. The van der Waals surface area contributed by atoms with E-state index in [1.807, 2.05) is 0 Å². The highest BCUT2D eigenvalue weighted by Gasteiger charge is 2.52. The van der Waals surface area contributed by atoms with Gasteiger partial charge in [-0.25, -0.2) is 0 Å². The molecular formula is C23H47N5O13. The Morgan fingerprint density at radius 3 is 1.98 bits per heavy atom. The molecule has 2 saturated heterocycles. The molecule has 17 N–H and O–H groups in total. The van der Waals surface area contributed by atoms with Crippen molar-refractivity contribution < 1.29 is 64.9 Å². The first-order chi connectivity index (χ1) is 19.5. The van der Waals surface area contributed by atoms with E-state index in [9.17, 15) is 40.9 Å². The van der Waals surface area contributed by atoms with Crippen LogP contribution in [0.5, 0.6) is 0 Å². The zero-order chi connectivity index (χ0) is 30.4. The van der Waals surface area contributed by atoms with Crippen LogP contribution in [0.4, 0.5) is 0 Å². The van der Waals surface area contributed by atoms with Crippen molar-refractivity contribution in [1.82, 2.24) is 10.6 Å². The number of hydrogen-bond acceptors (Lipinski definition) is 18. The van der Waals surface area contributed by atoms with Crippen molar-refractivity contribution in [3.8, 4) is 0 Å². The van der Waals surface area contributed by atoms with Crippen molar-refractivity contribution in [2.75, 3.05) is 39.5 Å². The molecule has 3 aliphatic rings. The first kappa shape index (κ1) is 34.8. The van der Waals surface area contributed by atoms with Gasteiger partial charge in [-0.3, -0.25) is 0 Å². The van der Waals surface area contributed by atoms with Crippen molar-refractivity contribution >= 4 is 0 Å². The first-order valence-electron chi connectivity index (χ1n) is 13.7. The fourth-order valence-electron chi connectivity index (χ4n) is 5.33. The van der Waals surface area contributed by atoms with Crippen molar-refractivity contribution in [3.05, 3.63) is 0 Å². The van der Waals surface area contributed by atoms with Crippen molar-refractivity contribution in [2.45, 2.75) is 104 Å². The fourth-order valence-corrected chi connectivity index (χ4v) is 5.33. The lowest BCUT2D eigenvalue weighted by Gasteiger charge is -2.49. The first-order valence-corrected chi connectivity index (χ1v) is 13.7. The monoisotopic (exact) mass is 601 g/mol. The summed E-state index contributed by atoms with van der Waals surface area (Å²) in [6.45, 7) is -1.48. The second-order valence-electron chi connectivity index (χ2n) is 10.7. The van der Waals surface area contributed by atoms with Crippen LogP contribution in [0.3, 0.4) is 0 Å². The van der Waals surface area contributed by atoms with E-state index in [1.54, 1.807) is 0 Å². The number of nitrogens with two attached hydrogens (primary N) is 3. The van der Waals surface area contributed by atoms with Gasteiger partial charge in [-0.2, -0.15) is 0 Å². The Bertz CT molecular complexity index is 773. The average Bonchev–Trinajstić information content (AvgIpc) is 2.96. The molecule has 3 fully saturated rings. The van der Waals surface area contributed by atoms with Gasteiger partial charge in [0.25, 0.3) is 0 Å². The number of nitrogens with one attached hydrogen (secondary N) is 2. The third kappa shape index (κ3) is 8.06. The van der Waals surface area contributed by atoms with Crippen molar-refractivity contribution in [2.24, 2.45) is 17.2 Å². The number of aliphatic hydroxyl groups excluding tert-OH is 9. The third-order valence-corrected chi connectivity index (χ3v) is 7.81. The van der Waals surface area contributed by atoms with Gasteiger partial charge < -0.3 is 92.7 Å². The summed E-state index contributed by atoms with van der Waals surface area (Å²) in [5.41, 5.74) is 18.3. The average molecular weight is 602 g/mol. The lowest BCUT2D eigenvalue weighted by atomic mass is 9.83. The number of hydrogen-bond donors (Lipinski definition) is 14. The number of ether oxygens (including phenoxy) is 4. The van der Waals surface area contributed by atoms with Crippen LogP contribution in [-0.4, -0.2) is 183 Å². The Balaban J connectivity index is 1.81. The lowest BCUT2D eigenvalue weighted by molar-refractivity contribution is -0.320. The molecule has 0 spiro atoms. The second-order valence-corrected chi connectivity index (χ2v) is 10.7.